The van der Waals surface area contributed by atoms with Gasteiger partial charge in [0.15, 0.2) is 0 Å². The minimum Gasteiger partial charge on any atom is -0.435 e. The van der Waals surface area contributed by atoms with E-state index >= 15 is 0 Å². The van der Waals surface area contributed by atoms with Gasteiger partial charge in [0.25, 0.3) is 0 Å². The highest BCUT2D eigenvalue weighted by atomic mass is 16.8. The molecule has 0 amide bonds. The molecule has 0 radical (unpaired) electrons. The first-order chi connectivity index (χ1) is 19.2. The molecule has 0 fully saturated rings. The minimum absolute atomic E-state index is 0.138. The van der Waals surface area contributed by atoms with Gasteiger partial charge in [0.2, 0.25) is 12.6 Å². The van der Waals surface area contributed by atoms with E-state index in [1.54, 1.807) is 20.8 Å². The predicted octanol–water partition coefficient (Wildman–Crippen LogP) is 3.72. The zero-order chi connectivity index (χ0) is 28.7. The number of aromatic amines is 1. The van der Waals surface area contributed by atoms with Crippen molar-refractivity contribution in [2.45, 2.75) is 58.8 Å². The second-order valence-corrected chi connectivity index (χ2v) is 9.71. The van der Waals surface area contributed by atoms with Crippen LogP contribution in [0.25, 0.3) is 22.5 Å². The van der Waals surface area contributed by atoms with Crippen LogP contribution in [0.15, 0.2) is 59.9 Å². The standard InChI is InChI=1S/C28H34N6O6/c1-5-9-22-29-24(28(3,4)37)23(26(35)39-17-40-27(36)38-6-2)34(22)16-18-12-14-19(15-13-18)20-10-7-8-11-21(20)25-30-32-33-31-25/h7-8,10-15,22,29,37H,5-6,9,16-17H2,1-4H3,(H,30,31,32,33). The number of esters is 1. The Labute approximate surface area is 232 Å². The molecule has 12 heteroatoms. The van der Waals surface area contributed by atoms with Crippen LogP contribution in [0.4, 0.5) is 4.79 Å². The van der Waals surface area contributed by atoms with Gasteiger partial charge in [-0.05, 0) is 49.1 Å². The number of aromatic nitrogens is 4. The van der Waals surface area contributed by atoms with Crippen molar-refractivity contribution in [3.63, 3.8) is 0 Å². The molecular formula is C28H34N6O6. The summed E-state index contributed by atoms with van der Waals surface area (Å²) in [5.41, 5.74) is 2.90. The summed E-state index contributed by atoms with van der Waals surface area (Å²) >= 11 is 0. The van der Waals surface area contributed by atoms with Gasteiger partial charge < -0.3 is 29.5 Å². The minimum atomic E-state index is -1.35. The van der Waals surface area contributed by atoms with Crippen molar-refractivity contribution >= 4 is 12.1 Å². The van der Waals surface area contributed by atoms with E-state index in [-0.39, 0.29) is 18.5 Å². The topological polar surface area (TPSA) is 152 Å². The molecule has 2 heterocycles. The molecule has 0 bridgehead atoms. The van der Waals surface area contributed by atoms with Gasteiger partial charge in [0.1, 0.15) is 11.3 Å². The van der Waals surface area contributed by atoms with Crippen LogP contribution in [-0.2, 0) is 25.5 Å². The summed E-state index contributed by atoms with van der Waals surface area (Å²) in [6.45, 7) is 6.78. The summed E-state index contributed by atoms with van der Waals surface area (Å²) in [7, 11) is 0. The Kier molecular flexibility index (Phi) is 9.00. The van der Waals surface area contributed by atoms with E-state index in [0.717, 1.165) is 28.7 Å². The maximum atomic E-state index is 13.3. The lowest BCUT2D eigenvalue weighted by Crippen LogP contribution is -2.39. The molecule has 0 saturated heterocycles. The summed E-state index contributed by atoms with van der Waals surface area (Å²) in [6, 6.07) is 15.8. The van der Waals surface area contributed by atoms with Crippen LogP contribution >= 0.6 is 0 Å². The highest BCUT2D eigenvalue weighted by molar-refractivity contribution is 5.89. The van der Waals surface area contributed by atoms with Gasteiger partial charge in [-0.3, -0.25) is 0 Å². The first-order valence-electron chi connectivity index (χ1n) is 13.1. The van der Waals surface area contributed by atoms with Crippen LogP contribution < -0.4 is 5.32 Å². The zero-order valence-electron chi connectivity index (χ0n) is 23.0. The van der Waals surface area contributed by atoms with Gasteiger partial charge in [-0.15, -0.1) is 10.2 Å². The van der Waals surface area contributed by atoms with E-state index in [0.29, 0.717) is 24.5 Å². The average molecular weight is 551 g/mol. The van der Waals surface area contributed by atoms with Gasteiger partial charge in [-0.1, -0.05) is 61.9 Å². The summed E-state index contributed by atoms with van der Waals surface area (Å²) in [5, 5.41) is 28.6. The molecule has 12 nitrogen and oxygen atoms in total. The summed E-state index contributed by atoms with van der Waals surface area (Å²) in [6.07, 6.45) is 0.371. The van der Waals surface area contributed by atoms with Crippen LogP contribution in [0, 0.1) is 0 Å². The number of hydrogen-bond donors (Lipinski definition) is 3. The molecule has 212 valence electrons. The van der Waals surface area contributed by atoms with Crippen molar-refractivity contribution in [1.29, 1.82) is 0 Å². The SMILES string of the molecule is CCCC1NC(C(C)(C)O)=C(C(=O)OCOC(=O)OCC)N1Cc1ccc(-c2ccccc2-c2nn[nH]n2)cc1. The fraction of sp³-hybridized carbons (Fsp3) is 0.393. The largest absolute Gasteiger partial charge is 0.511 e. The molecule has 0 saturated carbocycles. The molecule has 1 atom stereocenters. The number of nitrogens with one attached hydrogen (secondary N) is 2. The van der Waals surface area contributed by atoms with Crippen LogP contribution in [0.5, 0.6) is 0 Å². The van der Waals surface area contributed by atoms with Gasteiger partial charge in [-0.2, -0.15) is 5.21 Å². The smallest absolute Gasteiger partial charge is 0.435 e. The number of carbonyl (C=O) groups is 2. The summed E-state index contributed by atoms with van der Waals surface area (Å²) in [4.78, 5) is 26.6. The number of carbonyl (C=O) groups excluding carboxylic acids is 2. The average Bonchev–Trinajstić information content (AvgIpc) is 3.58. The van der Waals surface area contributed by atoms with Crippen LogP contribution in [-0.4, -0.2) is 67.9 Å². The fourth-order valence-electron chi connectivity index (χ4n) is 4.54. The van der Waals surface area contributed by atoms with Gasteiger partial charge >= 0.3 is 12.1 Å². The van der Waals surface area contributed by atoms with Crippen molar-refractivity contribution in [1.82, 2.24) is 30.8 Å². The van der Waals surface area contributed by atoms with Gasteiger partial charge in [-0.25, -0.2) is 9.59 Å². The molecule has 4 rings (SSSR count). The Bertz CT molecular complexity index is 1330. The maximum Gasteiger partial charge on any atom is 0.511 e. The molecule has 3 aromatic rings. The van der Waals surface area contributed by atoms with Crippen molar-refractivity contribution in [3.8, 4) is 22.5 Å². The van der Waals surface area contributed by atoms with Gasteiger partial charge in [0, 0.05) is 12.1 Å². The number of H-pyrrole nitrogens is 1. The molecule has 40 heavy (non-hydrogen) atoms. The first-order valence-corrected chi connectivity index (χ1v) is 13.1. The van der Waals surface area contributed by atoms with E-state index in [1.165, 1.54) is 0 Å². The number of tetrazole rings is 1. The van der Waals surface area contributed by atoms with Gasteiger partial charge in [0.05, 0.1) is 18.5 Å². The normalized spacial score (nSPS) is 15.1. The van der Waals surface area contributed by atoms with Crippen molar-refractivity contribution in [2.24, 2.45) is 0 Å². The number of aliphatic hydroxyl groups is 1. The van der Waals surface area contributed by atoms with Crippen molar-refractivity contribution < 1.29 is 28.9 Å². The second kappa shape index (κ2) is 12.6. The maximum absolute atomic E-state index is 13.3. The Morgan fingerprint density at radius 3 is 2.38 bits per heavy atom. The zero-order valence-corrected chi connectivity index (χ0v) is 23.0. The predicted molar refractivity (Wildman–Crippen MR) is 145 cm³/mol. The first kappa shape index (κ1) is 28.6. The lowest BCUT2D eigenvalue weighted by atomic mass is 9.98. The Morgan fingerprint density at radius 2 is 1.75 bits per heavy atom. The number of hydrogen-bond acceptors (Lipinski definition) is 11. The molecular weight excluding hydrogens is 516 g/mol. The van der Waals surface area contributed by atoms with Crippen molar-refractivity contribution in [3.05, 3.63) is 65.5 Å². The van der Waals surface area contributed by atoms with E-state index in [4.69, 9.17) is 14.2 Å². The van der Waals surface area contributed by atoms with E-state index in [2.05, 4.69) is 25.9 Å². The molecule has 1 unspecified atom stereocenters. The third kappa shape index (κ3) is 6.57. The van der Waals surface area contributed by atoms with Crippen LogP contribution in [0.1, 0.15) is 46.1 Å². The lowest BCUT2D eigenvalue weighted by Gasteiger charge is -2.28. The highest BCUT2D eigenvalue weighted by Gasteiger charge is 2.41. The lowest BCUT2D eigenvalue weighted by molar-refractivity contribution is -0.150. The summed E-state index contributed by atoms with van der Waals surface area (Å²) < 4.78 is 14.8. The van der Waals surface area contributed by atoms with Crippen LogP contribution in [0.2, 0.25) is 0 Å². The Balaban J connectivity index is 1.59. The molecule has 1 aliphatic heterocycles. The third-order valence-corrected chi connectivity index (χ3v) is 6.34. The second-order valence-electron chi connectivity index (χ2n) is 9.71. The summed E-state index contributed by atoms with van der Waals surface area (Å²) in [5.74, 6) is -0.220. The van der Waals surface area contributed by atoms with E-state index < -0.39 is 24.5 Å². The van der Waals surface area contributed by atoms with E-state index in [1.807, 2.05) is 60.4 Å². The van der Waals surface area contributed by atoms with Crippen molar-refractivity contribution in [2.75, 3.05) is 13.4 Å². The molecule has 3 N–H and O–H groups in total. The quantitative estimate of drug-likeness (QED) is 0.237. The number of ether oxygens (including phenoxy) is 3. The molecule has 1 aromatic heterocycles. The monoisotopic (exact) mass is 550 g/mol. The number of nitrogens with zero attached hydrogens (tertiary/aromatic N) is 4. The highest BCUT2D eigenvalue weighted by Crippen LogP contribution is 2.33. The number of benzene rings is 2. The Morgan fingerprint density at radius 1 is 1.02 bits per heavy atom. The Hall–Kier alpha value is -4.45. The molecule has 0 aliphatic carbocycles. The molecule has 0 spiro atoms. The number of rotatable bonds is 11. The molecule has 2 aromatic carbocycles. The van der Waals surface area contributed by atoms with Crippen LogP contribution in [0.3, 0.4) is 0 Å². The van der Waals surface area contributed by atoms with E-state index in [9.17, 15) is 14.7 Å². The fourth-order valence-corrected chi connectivity index (χ4v) is 4.54. The molecule has 1 aliphatic rings. The third-order valence-electron chi connectivity index (χ3n) is 6.34.